The van der Waals surface area contributed by atoms with Gasteiger partial charge >= 0.3 is 0 Å². The number of nitrogens with one attached hydrogen (secondary N) is 6. The van der Waals surface area contributed by atoms with Crippen molar-refractivity contribution >= 4 is 34.7 Å². The van der Waals surface area contributed by atoms with Gasteiger partial charge in [-0.3, -0.25) is 9.97 Å². The summed E-state index contributed by atoms with van der Waals surface area (Å²) in [6, 6.07) is 0. The van der Waals surface area contributed by atoms with E-state index in [2.05, 4.69) is 41.9 Å². The van der Waals surface area contributed by atoms with Crippen molar-refractivity contribution in [2.75, 3.05) is 40.3 Å². The van der Waals surface area contributed by atoms with Gasteiger partial charge in [-0.2, -0.15) is 0 Å². The van der Waals surface area contributed by atoms with Crippen LogP contribution in [0.25, 0.3) is 0 Å². The van der Waals surface area contributed by atoms with Gasteiger partial charge in [0, 0.05) is 65.8 Å². The quantitative estimate of drug-likeness (QED) is 0.224. The molecule has 0 aromatic carbocycles. The van der Waals surface area contributed by atoms with Crippen molar-refractivity contribution in [2.24, 2.45) is 0 Å². The van der Waals surface area contributed by atoms with Crippen LogP contribution in [0.15, 0.2) is 12.4 Å². The first-order valence-corrected chi connectivity index (χ1v) is 8.60. The van der Waals surface area contributed by atoms with E-state index in [-0.39, 0.29) is 0 Å². The molecular weight excluding hydrogens is 344 g/mol. The van der Waals surface area contributed by atoms with E-state index in [1.807, 2.05) is 0 Å². The fraction of sp³-hybridized carbons (Fsp3) is 0.571. The second-order valence-electron chi connectivity index (χ2n) is 4.82. The molecule has 134 valence electrons. The molecule has 0 radical (unpaired) electrons. The van der Waals surface area contributed by atoms with Crippen LogP contribution in [0.4, 0.5) is 0 Å². The number of rotatable bonds is 10. The molecule has 0 aliphatic heterocycles. The van der Waals surface area contributed by atoms with Gasteiger partial charge in [0.05, 0.1) is 11.4 Å². The van der Waals surface area contributed by atoms with Gasteiger partial charge < -0.3 is 31.9 Å². The maximum atomic E-state index is 5.01. The summed E-state index contributed by atoms with van der Waals surface area (Å²) in [5.74, 6) is 0. The lowest BCUT2D eigenvalue weighted by Gasteiger charge is -2.11. The van der Waals surface area contributed by atoms with Crippen molar-refractivity contribution in [3.05, 3.63) is 23.8 Å². The maximum Gasteiger partial charge on any atom is 0.166 e. The lowest BCUT2D eigenvalue weighted by atomic mass is 10.3. The molecule has 0 spiro atoms. The molecule has 1 rings (SSSR count). The molecule has 24 heavy (non-hydrogen) atoms. The number of aromatic nitrogens is 2. The highest BCUT2D eigenvalue weighted by molar-refractivity contribution is 7.80. The molecule has 0 amide bonds. The summed E-state index contributed by atoms with van der Waals surface area (Å²) < 4.78 is 0. The summed E-state index contributed by atoms with van der Waals surface area (Å²) in [6.07, 6.45) is 3.42. The molecule has 0 atom stereocenters. The standard InChI is InChI=1S/C14H26N8S2/c1-15-13(23)21-5-3-17-9-11-12(20-8-7-19-11)10-18-4-6-22-14(24)16-2/h7-8,17-18H,3-6,9-10H2,1-2H3,(H2,15,21,23)(H2,16,22,24). The van der Waals surface area contributed by atoms with Gasteiger partial charge in [0.1, 0.15) is 0 Å². The van der Waals surface area contributed by atoms with E-state index < -0.39 is 0 Å². The minimum atomic E-state index is 0.646. The predicted molar refractivity (Wildman–Crippen MR) is 105 cm³/mol. The summed E-state index contributed by atoms with van der Waals surface area (Å²) in [5.41, 5.74) is 1.89. The van der Waals surface area contributed by atoms with Crippen molar-refractivity contribution in [1.82, 2.24) is 41.9 Å². The fourth-order valence-electron chi connectivity index (χ4n) is 1.81. The van der Waals surface area contributed by atoms with Gasteiger partial charge in [-0.15, -0.1) is 0 Å². The van der Waals surface area contributed by atoms with Crippen LogP contribution in [0.3, 0.4) is 0 Å². The molecule has 0 aliphatic rings. The van der Waals surface area contributed by atoms with Gasteiger partial charge in [-0.25, -0.2) is 0 Å². The van der Waals surface area contributed by atoms with E-state index in [1.54, 1.807) is 26.5 Å². The van der Waals surface area contributed by atoms with Crippen LogP contribution in [0, 0.1) is 0 Å². The lowest BCUT2D eigenvalue weighted by molar-refractivity contribution is 0.624. The number of nitrogens with zero attached hydrogens (tertiary/aromatic N) is 2. The van der Waals surface area contributed by atoms with Crippen molar-refractivity contribution in [2.45, 2.75) is 13.1 Å². The Morgan fingerprint density at radius 3 is 1.58 bits per heavy atom. The third-order valence-electron chi connectivity index (χ3n) is 3.07. The predicted octanol–water partition coefficient (Wildman–Crippen LogP) is -1.16. The van der Waals surface area contributed by atoms with Crippen LogP contribution in [0.5, 0.6) is 0 Å². The smallest absolute Gasteiger partial charge is 0.166 e. The minimum Gasteiger partial charge on any atom is -0.366 e. The molecule has 8 nitrogen and oxygen atoms in total. The Bertz CT molecular complexity index is 466. The second-order valence-corrected chi connectivity index (χ2v) is 5.63. The molecule has 10 heteroatoms. The molecular formula is C14H26N8S2. The molecule has 0 bridgehead atoms. The van der Waals surface area contributed by atoms with Crippen LogP contribution in [-0.2, 0) is 13.1 Å². The fourth-order valence-corrected chi connectivity index (χ4v) is 2.01. The zero-order valence-electron chi connectivity index (χ0n) is 14.1. The highest BCUT2D eigenvalue weighted by Crippen LogP contribution is 2.00. The van der Waals surface area contributed by atoms with Crippen LogP contribution in [0.1, 0.15) is 11.4 Å². The van der Waals surface area contributed by atoms with E-state index in [9.17, 15) is 0 Å². The highest BCUT2D eigenvalue weighted by atomic mass is 32.1. The van der Waals surface area contributed by atoms with Crippen molar-refractivity contribution < 1.29 is 0 Å². The van der Waals surface area contributed by atoms with E-state index >= 15 is 0 Å². The molecule has 6 N–H and O–H groups in total. The Morgan fingerprint density at radius 2 is 1.21 bits per heavy atom. The highest BCUT2D eigenvalue weighted by Gasteiger charge is 2.04. The summed E-state index contributed by atoms with van der Waals surface area (Å²) in [5, 5.41) is 19.9. The molecule has 1 aromatic heterocycles. The van der Waals surface area contributed by atoms with Crippen LogP contribution in [-0.4, -0.2) is 60.5 Å². The van der Waals surface area contributed by atoms with Crippen molar-refractivity contribution in [3.8, 4) is 0 Å². The third-order valence-corrected chi connectivity index (χ3v) is 3.77. The summed E-state index contributed by atoms with van der Waals surface area (Å²) in [7, 11) is 3.59. The topological polar surface area (TPSA) is 98.0 Å². The normalized spacial score (nSPS) is 10.1. The summed E-state index contributed by atoms with van der Waals surface area (Å²) in [4.78, 5) is 8.80. The van der Waals surface area contributed by atoms with Crippen LogP contribution >= 0.6 is 24.4 Å². The number of hydrogen-bond donors (Lipinski definition) is 6. The molecule has 0 aliphatic carbocycles. The first-order chi connectivity index (χ1) is 11.7. The molecule has 1 aromatic rings. The Hall–Kier alpha value is -1.62. The Kier molecular flexibility index (Phi) is 10.9. The number of hydrogen-bond acceptors (Lipinski definition) is 6. The van der Waals surface area contributed by atoms with Gasteiger partial charge in [-0.1, -0.05) is 0 Å². The first-order valence-electron chi connectivity index (χ1n) is 7.78. The lowest BCUT2D eigenvalue weighted by Crippen LogP contribution is -2.37. The summed E-state index contributed by atoms with van der Waals surface area (Å²) in [6.45, 7) is 4.42. The summed E-state index contributed by atoms with van der Waals surface area (Å²) >= 11 is 10.0. The Labute approximate surface area is 154 Å². The first kappa shape index (κ1) is 20.4. The van der Waals surface area contributed by atoms with Gasteiger partial charge in [-0.05, 0) is 24.4 Å². The average molecular weight is 371 g/mol. The molecule has 1 heterocycles. The monoisotopic (exact) mass is 370 g/mol. The zero-order chi connectivity index (χ0) is 17.6. The number of thiocarbonyl (C=S) groups is 2. The molecule has 0 saturated carbocycles. The largest absolute Gasteiger partial charge is 0.366 e. The van der Waals surface area contributed by atoms with Gasteiger partial charge in [0.15, 0.2) is 10.2 Å². The third kappa shape index (κ3) is 8.87. The van der Waals surface area contributed by atoms with Gasteiger partial charge in [0.2, 0.25) is 0 Å². The van der Waals surface area contributed by atoms with E-state index in [4.69, 9.17) is 24.4 Å². The van der Waals surface area contributed by atoms with Crippen LogP contribution in [0.2, 0.25) is 0 Å². The van der Waals surface area contributed by atoms with E-state index in [0.717, 1.165) is 37.6 Å². The Balaban J connectivity index is 2.26. The molecule has 0 saturated heterocycles. The zero-order valence-corrected chi connectivity index (χ0v) is 15.7. The molecule has 0 unspecified atom stereocenters. The maximum absolute atomic E-state index is 5.01. The molecule has 0 fully saturated rings. The van der Waals surface area contributed by atoms with Gasteiger partial charge in [0.25, 0.3) is 0 Å². The Morgan fingerprint density at radius 1 is 0.792 bits per heavy atom. The SMILES string of the molecule is CNC(=S)NCCNCc1nccnc1CNCCNC(=S)NC. The van der Waals surface area contributed by atoms with Crippen molar-refractivity contribution in [3.63, 3.8) is 0 Å². The van der Waals surface area contributed by atoms with E-state index in [0.29, 0.717) is 23.3 Å². The van der Waals surface area contributed by atoms with E-state index in [1.165, 1.54) is 0 Å². The van der Waals surface area contributed by atoms with Crippen molar-refractivity contribution in [1.29, 1.82) is 0 Å². The van der Waals surface area contributed by atoms with Crippen LogP contribution < -0.4 is 31.9 Å². The minimum absolute atomic E-state index is 0.646. The average Bonchev–Trinajstić information content (AvgIpc) is 2.61. The second kappa shape index (κ2) is 12.8.